The maximum Gasteiger partial charge on any atom is 0.312 e. The van der Waals surface area contributed by atoms with Crippen LogP contribution in [0.1, 0.15) is 37.8 Å². The molecule has 0 bridgehead atoms. The number of carbonyl (C=O) groups excluding carboxylic acids is 2. The number of unbranched alkanes of at least 4 members (excludes halogenated alkanes) is 1. The van der Waals surface area contributed by atoms with Crippen molar-refractivity contribution in [3.63, 3.8) is 0 Å². The normalized spacial score (nSPS) is 11.9. The zero-order valence-electron chi connectivity index (χ0n) is 13.3. The Morgan fingerprint density at radius 3 is 2.57 bits per heavy atom. The van der Waals surface area contributed by atoms with Gasteiger partial charge in [-0.1, -0.05) is 36.4 Å². The summed E-state index contributed by atoms with van der Waals surface area (Å²) in [5.41, 5.74) is 6.07. The number of rotatable bonds is 7. The third-order valence-electron chi connectivity index (χ3n) is 3.78. The third kappa shape index (κ3) is 5.29. The van der Waals surface area contributed by atoms with E-state index in [1.165, 1.54) is 10.8 Å². The lowest BCUT2D eigenvalue weighted by molar-refractivity contribution is -0.121. The molecule has 0 radical (unpaired) electrons. The van der Waals surface area contributed by atoms with E-state index in [1.807, 2.05) is 25.1 Å². The van der Waals surface area contributed by atoms with Gasteiger partial charge in [0.1, 0.15) is 0 Å². The third-order valence-corrected chi connectivity index (χ3v) is 3.78. The van der Waals surface area contributed by atoms with Gasteiger partial charge in [-0.2, -0.15) is 0 Å². The number of urea groups is 1. The van der Waals surface area contributed by atoms with Gasteiger partial charge in [-0.15, -0.1) is 0 Å². The zero-order valence-corrected chi connectivity index (χ0v) is 13.3. The van der Waals surface area contributed by atoms with Crippen molar-refractivity contribution >= 4 is 22.7 Å². The Kier molecular flexibility index (Phi) is 5.97. The number of fused-ring (bicyclic) bond motifs is 1. The zero-order chi connectivity index (χ0) is 16.7. The average molecular weight is 313 g/mol. The lowest BCUT2D eigenvalue weighted by Crippen LogP contribution is -2.30. The lowest BCUT2D eigenvalue weighted by Gasteiger charge is -2.15. The van der Waals surface area contributed by atoms with Gasteiger partial charge in [0.05, 0.1) is 6.04 Å². The Bertz CT molecular complexity index is 685. The van der Waals surface area contributed by atoms with Crippen LogP contribution in [-0.2, 0) is 4.79 Å². The lowest BCUT2D eigenvalue weighted by atomic mass is 10.0. The molecule has 0 aliphatic carbocycles. The van der Waals surface area contributed by atoms with Gasteiger partial charge in [0.2, 0.25) is 5.91 Å². The number of hydrogen-bond acceptors (Lipinski definition) is 2. The molecule has 1 unspecified atom stereocenters. The maximum absolute atomic E-state index is 12.0. The molecule has 2 aromatic carbocycles. The molecule has 5 nitrogen and oxygen atoms in total. The molecule has 122 valence electrons. The molecule has 0 fully saturated rings. The number of primary amides is 1. The minimum absolute atomic E-state index is 0.0183. The van der Waals surface area contributed by atoms with Crippen LogP contribution in [0.15, 0.2) is 42.5 Å². The molecule has 5 heteroatoms. The summed E-state index contributed by atoms with van der Waals surface area (Å²) in [5, 5.41) is 7.88. The van der Waals surface area contributed by atoms with E-state index in [9.17, 15) is 9.59 Å². The second kappa shape index (κ2) is 8.17. The summed E-state index contributed by atoms with van der Waals surface area (Å²) in [6, 6.07) is 13.8. The Hall–Kier alpha value is -2.56. The molecule has 0 saturated heterocycles. The molecule has 2 rings (SSSR count). The highest BCUT2D eigenvalue weighted by Gasteiger charge is 2.09. The standard InChI is InChI=1S/C18H23N3O2/c1-13(21-17(22)8-4-5-11-20-18(19)23)15-10-9-14-6-2-3-7-16(14)12-15/h2-3,6-7,9-10,12-13H,4-5,8,11H2,1H3,(H,21,22)(H3,19,20,23). The molecule has 0 aliphatic rings. The Morgan fingerprint density at radius 1 is 1.09 bits per heavy atom. The molecule has 4 N–H and O–H groups in total. The van der Waals surface area contributed by atoms with Crippen LogP contribution in [-0.4, -0.2) is 18.5 Å². The minimum atomic E-state index is -0.528. The van der Waals surface area contributed by atoms with Crippen molar-refractivity contribution < 1.29 is 9.59 Å². The second-order valence-corrected chi connectivity index (χ2v) is 5.64. The van der Waals surface area contributed by atoms with Crippen LogP contribution >= 0.6 is 0 Å². The predicted molar refractivity (Wildman–Crippen MR) is 91.9 cm³/mol. The van der Waals surface area contributed by atoms with Crippen molar-refractivity contribution in [2.45, 2.75) is 32.2 Å². The van der Waals surface area contributed by atoms with E-state index in [2.05, 4.69) is 34.9 Å². The van der Waals surface area contributed by atoms with E-state index in [1.54, 1.807) is 0 Å². The molecule has 0 saturated carbocycles. The topological polar surface area (TPSA) is 84.2 Å². The first-order chi connectivity index (χ1) is 11.1. The summed E-state index contributed by atoms with van der Waals surface area (Å²) in [6.45, 7) is 2.49. The summed E-state index contributed by atoms with van der Waals surface area (Å²) in [4.78, 5) is 22.5. The molecule has 0 heterocycles. The molecular formula is C18H23N3O2. The van der Waals surface area contributed by atoms with Crippen LogP contribution in [0.2, 0.25) is 0 Å². The molecule has 2 aromatic rings. The van der Waals surface area contributed by atoms with Crippen molar-refractivity contribution in [2.75, 3.05) is 6.54 Å². The SMILES string of the molecule is CC(NC(=O)CCCCNC(N)=O)c1ccc2ccccc2c1. The number of hydrogen-bond donors (Lipinski definition) is 3. The minimum Gasteiger partial charge on any atom is -0.352 e. The fourth-order valence-corrected chi connectivity index (χ4v) is 2.50. The van der Waals surface area contributed by atoms with Crippen LogP contribution in [0.5, 0.6) is 0 Å². The van der Waals surface area contributed by atoms with Gasteiger partial charge in [-0.3, -0.25) is 4.79 Å². The van der Waals surface area contributed by atoms with E-state index in [4.69, 9.17) is 5.73 Å². The summed E-state index contributed by atoms with van der Waals surface area (Å²) in [7, 11) is 0. The van der Waals surface area contributed by atoms with Crippen LogP contribution in [0.4, 0.5) is 4.79 Å². The Labute approximate surface area is 136 Å². The fourth-order valence-electron chi connectivity index (χ4n) is 2.50. The van der Waals surface area contributed by atoms with Gasteiger partial charge < -0.3 is 16.4 Å². The van der Waals surface area contributed by atoms with E-state index in [0.29, 0.717) is 13.0 Å². The van der Waals surface area contributed by atoms with E-state index in [0.717, 1.165) is 18.4 Å². The molecule has 3 amide bonds. The first-order valence-corrected chi connectivity index (χ1v) is 7.87. The van der Waals surface area contributed by atoms with Crippen molar-refractivity contribution in [2.24, 2.45) is 5.73 Å². The largest absolute Gasteiger partial charge is 0.352 e. The van der Waals surface area contributed by atoms with Gasteiger partial charge in [0.25, 0.3) is 0 Å². The first kappa shape index (κ1) is 16.8. The van der Waals surface area contributed by atoms with Gasteiger partial charge in [0.15, 0.2) is 0 Å². The number of nitrogens with one attached hydrogen (secondary N) is 2. The number of benzene rings is 2. The summed E-state index contributed by atoms with van der Waals surface area (Å²) in [5.74, 6) is 0.0183. The van der Waals surface area contributed by atoms with Gasteiger partial charge >= 0.3 is 6.03 Å². The van der Waals surface area contributed by atoms with E-state index < -0.39 is 6.03 Å². The summed E-state index contributed by atoms with van der Waals surface area (Å²) in [6.07, 6.45) is 1.90. The van der Waals surface area contributed by atoms with Gasteiger partial charge in [0, 0.05) is 13.0 Å². The van der Waals surface area contributed by atoms with Crippen LogP contribution < -0.4 is 16.4 Å². The first-order valence-electron chi connectivity index (χ1n) is 7.87. The van der Waals surface area contributed by atoms with Crippen LogP contribution in [0.3, 0.4) is 0 Å². The summed E-state index contributed by atoms with van der Waals surface area (Å²) >= 11 is 0. The number of carbonyl (C=O) groups is 2. The highest BCUT2D eigenvalue weighted by Crippen LogP contribution is 2.20. The van der Waals surface area contributed by atoms with E-state index >= 15 is 0 Å². The quantitative estimate of drug-likeness (QED) is 0.687. The van der Waals surface area contributed by atoms with Crippen molar-refractivity contribution in [1.82, 2.24) is 10.6 Å². The maximum atomic E-state index is 12.0. The molecule has 23 heavy (non-hydrogen) atoms. The Balaban J connectivity index is 1.81. The molecule has 0 aromatic heterocycles. The fraction of sp³-hybridized carbons (Fsp3) is 0.333. The highest BCUT2D eigenvalue weighted by atomic mass is 16.2. The van der Waals surface area contributed by atoms with Gasteiger partial charge in [-0.05, 0) is 42.2 Å². The number of amides is 3. The summed E-state index contributed by atoms with van der Waals surface area (Å²) < 4.78 is 0. The Morgan fingerprint density at radius 2 is 1.83 bits per heavy atom. The van der Waals surface area contributed by atoms with Crippen LogP contribution in [0.25, 0.3) is 10.8 Å². The van der Waals surface area contributed by atoms with Crippen molar-refractivity contribution in [1.29, 1.82) is 0 Å². The predicted octanol–water partition coefficient (Wildman–Crippen LogP) is 2.86. The molecule has 0 aliphatic heterocycles. The monoisotopic (exact) mass is 313 g/mol. The van der Waals surface area contributed by atoms with Crippen LogP contribution in [0, 0.1) is 0 Å². The average Bonchev–Trinajstić information content (AvgIpc) is 2.53. The van der Waals surface area contributed by atoms with Crippen molar-refractivity contribution in [3.8, 4) is 0 Å². The van der Waals surface area contributed by atoms with Gasteiger partial charge in [-0.25, -0.2) is 4.79 Å². The smallest absolute Gasteiger partial charge is 0.312 e. The van der Waals surface area contributed by atoms with Crippen molar-refractivity contribution in [3.05, 3.63) is 48.0 Å². The molecular weight excluding hydrogens is 290 g/mol. The molecule has 0 spiro atoms. The number of nitrogens with two attached hydrogens (primary N) is 1. The second-order valence-electron chi connectivity index (χ2n) is 5.64. The highest BCUT2D eigenvalue weighted by molar-refractivity contribution is 5.83. The molecule has 1 atom stereocenters. The van der Waals surface area contributed by atoms with E-state index in [-0.39, 0.29) is 11.9 Å².